The highest BCUT2D eigenvalue weighted by Gasteiger charge is 2.12. The first-order valence-corrected chi connectivity index (χ1v) is 10.0. The summed E-state index contributed by atoms with van der Waals surface area (Å²) in [6.07, 6.45) is 0. The van der Waals surface area contributed by atoms with Crippen molar-refractivity contribution in [2.24, 2.45) is 7.05 Å². The molecule has 3 heterocycles. The molecule has 7 nitrogen and oxygen atoms in total. The van der Waals surface area contributed by atoms with Gasteiger partial charge in [0.1, 0.15) is 5.82 Å². The molecule has 1 aromatic carbocycles. The van der Waals surface area contributed by atoms with Crippen molar-refractivity contribution in [2.75, 3.05) is 10.7 Å². The number of fused-ring (bicyclic) bond motifs is 1. The van der Waals surface area contributed by atoms with E-state index in [2.05, 4.69) is 38.4 Å². The fraction of sp³-hybridized carbons (Fsp3) is 0.190. The molecule has 148 valence electrons. The molecule has 0 atom stereocenters. The van der Waals surface area contributed by atoms with Crippen LogP contribution in [-0.4, -0.2) is 20.8 Å². The topological polar surface area (TPSA) is 83.9 Å². The molecule has 29 heavy (non-hydrogen) atoms. The van der Waals surface area contributed by atoms with Gasteiger partial charge in [-0.2, -0.15) is 5.10 Å². The van der Waals surface area contributed by atoms with E-state index in [4.69, 9.17) is 0 Å². The molecule has 0 unspecified atom stereocenters. The lowest BCUT2D eigenvalue weighted by Gasteiger charge is -2.09. The number of carbonyl (C=O) groups excluding carboxylic acids is 1. The summed E-state index contributed by atoms with van der Waals surface area (Å²) in [5.74, 6) is 0.556. The Hall–Kier alpha value is -3.39. The van der Waals surface area contributed by atoms with Crippen LogP contribution in [0.1, 0.15) is 16.1 Å². The second-order valence-corrected chi connectivity index (χ2v) is 8.14. The quantitative estimate of drug-likeness (QED) is 0.426. The standard InChI is InChI=1S/C21H22N6OS/c1-12-10-17(22-20-19(12)13(2)26-27(20)4)24-25-21(28)23-18-11-16(14(3)29-18)15-8-6-5-7-9-15/h5-11H,1-4H3,(H,22,24)(H2,23,25,28). The number of carbonyl (C=O) groups is 1. The van der Waals surface area contributed by atoms with Crippen LogP contribution in [0.5, 0.6) is 0 Å². The lowest BCUT2D eigenvalue weighted by atomic mass is 10.1. The number of amides is 2. The van der Waals surface area contributed by atoms with Crippen molar-refractivity contribution >= 4 is 39.2 Å². The predicted molar refractivity (Wildman–Crippen MR) is 118 cm³/mol. The van der Waals surface area contributed by atoms with E-state index >= 15 is 0 Å². The number of anilines is 2. The number of aryl methyl sites for hydroxylation is 4. The van der Waals surface area contributed by atoms with E-state index in [-0.39, 0.29) is 6.03 Å². The molecule has 0 aliphatic rings. The molecule has 4 rings (SSSR count). The Morgan fingerprint density at radius 2 is 1.86 bits per heavy atom. The average molecular weight is 407 g/mol. The smallest absolute Gasteiger partial charge is 0.298 e. The number of urea groups is 1. The van der Waals surface area contributed by atoms with Gasteiger partial charge >= 0.3 is 6.03 Å². The van der Waals surface area contributed by atoms with Gasteiger partial charge in [-0.1, -0.05) is 30.3 Å². The molecule has 0 saturated carbocycles. The van der Waals surface area contributed by atoms with Crippen molar-refractivity contribution in [3.05, 3.63) is 58.6 Å². The van der Waals surface area contributed by atoms with Crippen LogP contribution < -0.4 is 16.2 Å². The summed E-state index contributed by atoms with van der Waals surface area (Å²) in [6, 6.07) is 13.6. The van der Waals surface area contributed by atoms with Gasteiger partial charge in [-0.25, -0.2) is 9.78 Å². The van der Waals surface area contributed by atoms with Gasteiger partial charge in [-0.15, -0.1) is 11.3 Å². The lowest BCUT2D eigenvalue weighted by Crippen LogP contribution is -2.33. The first kappa shape index (κ1) is 18.9. The molecule has 0 radical (unpaired) electrons. The van der Waals surface area contributed by atoms with Gasteiger partial charge in [0.05, 0.1) is 10.7 Å². The van der Waals surface area contributed by atoms with Gasteiger partial charge in [-0.3, -0.25) is 20.9 Å². The number of nitrogens with zero attached hydrogens (tertiary/aromatic N) is 3. The number of pyridine rings is 1. The van der Waals surface area contributed by atoms with Crippen molar-refractivity contribution in [2.45, 2.75) is 20.8 Å². The Kier molecular flexibility index (Phi) is 4.94. The van der Waals surface area contributed by atoms with Crippen molar-refractivity contribution in [3.8, 4) is 11.1 Å². The van der Waals surface area contributed by atoms with Gasteiger partial charge in [0, 0.05) is 17.3 Å². The molecule has 0 aliphatic heterocycles. The number of aromatic nitrogens is 3. The van der Waals surface area contributed by atoms with E-state index in [1.165, 1.54) is 0 Å². The van der Waals surface area contributed by atoms with Crippen molar-refractivity contribution in [1.82, 2.24) is 20.2 Å². The lowest BCUT2D eigenvalue weighted by molar-refractivity contribution is 0.254. The highest BCUT2D eigenvalue weighted by atomic mass is 32.1. The molecule has 0 fully saturated rings. The Morgan fingerprint density at radius 3 is 2.62 bits per heavy atom. The maximum Gasteiger partial charge on any atom is 0.338 e. The summed E-state index contributed by atoms with van der Waals surface area (Å²) in [7, 11) is 1.86. The predicted octanol–water partition coefficient (Wildman–Crippen LogP) is 4.77. The van der Waals surface area contributed by atoms with Crippen LogP contribution in [-0.2, 0) is 7.05 Å². The fourth-order valence-corrected chi connectivity index (χ4v) is 4.37. The van der Waals surface area contributed by atoms with Crippen LogP contribution in [0.3, 0.4) is 0 Å². The molecular formula is C21H22N6OS. The van der Waals surface area contributed by atoms with Crippen molar-refractivity contribution < 1.29 is 4.79 Å². The van der Waals surface area contributed by atoms with E-state index in [1.54, 1.807) is 16.0 Å². The minimum absolute atomic E-state index is 0.355. The molecular weight excluding hydrogens is 384 g/mol. The number of nitrogens with one attached hydrogen (secondary N) is 3. The zero-order chi connectivity index (χ0) is 20.5. The summed E-state index contributed by atoms with van der Waals surface area (Å²) in [5.41, 5.74) is 10.5. The van der Waals surface area contributed by atoms with Crippen LogP contribution in [0.4, 0.5) is 15.6 Å². The zero-order valence-corrected chi connectivity index (χ0v) is 17.5. The molecule has 8 heteroatoms. The third-order valence-corrected chi connectivity index (χ3v) is 5.68. The Bertz CT molecular complexity index is 1200. The summed E-state index contributed by atoms with van der Waals surface area (Å²) < 4.78 is 1.74. The van der Waals surface area contributed by atoms with Gasteiger partial charge in [0.2, 0.25) is 0 Å². The first-order chi connectivity index (χ1) is 13.9. The minimum Gasteiger partial charge on any atom is -0.298 e. The summed E-state index contributed by atoms with van der Waals surface area (Å²) in [5, 5.41) is 9.09. The third-order valence-electron chi connectivity index (χ3n) is 4.71. The molecule has 0 bridgehead atoms. The summed E-state index contributed by atoms with van der Waals surface area (Å²) in [4.78, 5) is 18.0. The second-order valence-electron chi connectivity index (χ2n) is 6.88. The number of thiophene rings is 1. The Balaban J connectivity index is 1.45. The molecule has 3 N–H and O–H groups in total. The van der Waals surface area contributed by atoms with E-state index in [0.29, 0.717) is 5.82 Å². The SMILES string of the molecule is Cc1sc(NC(=O)NNc2cc(C)c3c(C)nn(C)c3n2)cc1-c1ccccc1. The van der Waals surface area contributed by atoms with E-state index < -0.39 is 0 Å². The maximum atomic E-state index is 12.3. The highest BCUT2D eigenvalue weighted by Crippen LogP contribution is 2.34. The van der Waals surface area contributed by atoms with Crippen LogP contribution in [0.25, 0.3) is 22.2 Å². The van der Waals surface area contributed by atoms with E-state index in [9.17, 15) is 4.79 Å². The molecule has 0 aliphatic carbocycles. The highest BCUT2D eigenvalue weighted by molar-refractivity contribution is 7.16. The molecule has 4 aromatic rings. The van der Waals surface area contributed by atoms with Crippen LogP contribution in [0.15, 0.2) is 42.5 Å². The van der Waals surface area contributed by atoms with Gasteiger partial charge in [0.25, 0.3) is 0 Å². The zero-order valence-electron chi connectivity index (χ0n) is 16.7. The number of rotatable bonds is 4. The normalized spacial score (nSPS) is 10.9. The summed E-state index contributed by atoms with van der Waals surface area (Å²) >= 11 is 1.54. The second kappa shape index (κ2) is 7.56. The minimum atomic E-state index is -0.355. The molecule has 3 aromatic heterocycles. The Morgan fingerprint density at radius 1 is 1.10 bits per heavy atom. The molecule has 0 spiro atoms. The summed E-state index contributed by atoms with van der Waals surface area (Å²) in [6.45, 7) is 6.01. The molecule has 2 amide bonds. The van der Waals surface area contributed by atoms with Crippen LogP contribution in [0, 0.1) is 20.8 Å². The number of hydrogen-bond donors (Lipinski definition) is 3. The van der Waals surface area contributed by atoms with Crippen molar-refractivity contribution in [1.29, 1.82) is 0 Å². The Labute approximate surface area is 172 Å². The van der Waals surface area contributed by atoms with Crippen LogP contribution in [0.2, 0.25) is 0 Å². The van der Waals surface area contributed by atoms with E-state index in [0.717, 1.165) is 43.3 Å². The molecule has 0 saturated heterocycles. The van der Waals surface area contributed by atoms with Gasteiger partial charge in [0.15, 0.2) is 5.65 Å². The fourth-order valence-electron chi connectivity index (χ4n) is 3.44. The van der Waals surface area contributed by atoms with Gasteiger partial charge < -0.3 is 0 Å². The number of benzene rings is 1. The number of hydrazine groups is 1. The number of hydrogen-bond acceptors (Lipinski definition) is 5. The van der Waals surface area contributed by atoms with Gasteiger partial charge in [-0.05, 0) is 49.6 Å². The maximum absolute atomic E-state index is 12.3. The first-order valence-electron chi connectivity index (χ1n) is 9.22. The monoisotopic (exact) mass is 406 g/mol. The average Bonchev–Trinajstić information content (AvgIpc) is 3.20. The van der Waals surface area contributed by atoms with Crippen molar-refractivity contribution in [3.63, 3.8) is 0 Å². The van der Waals surface area contributed by atoms with Crippen LogP contribution >= 0.6 is 11.3 Å². The third kappa shape index (κ3) is 3.79. The largest absolute Gasteiger partial charge is 0.338 e. The van der Waals surface area contributed by atoms with E-state index in [1.807, 2.05) is 58.2 Å².